The molecule has 0 radical (unpaired) electrons. The van der Waals surface area contributed by atoms with Gasteiger partial charge >= 0.3 is 0 Å². The first kappa shape index (κ1) is 12.8. The van der Waals surface area contributed by atoms with Gasteiger partial charge in [-0.1, -0.05) is 31.4 Å². The van der Waals surface area contributed by atoms with Crippen LogP contribution in [0.5, 0.6) is 0 Å². The Morgan fingerprint density at radius 3 is 3.00 bits per heavy atom. The fourth-order valence-electron chi connectivity index (χ4n) is 2.83. The molecule has 1 aromatic rings. The van der Waals surface area contributed by atoms with E-state index in [1.807, 2.05) is 6.20 Å². The summed E-state index contributed by atoms with van der Waals surface area (Å²) in [7, 11) is 0. The average Bonchev–Trinajstić information content (AvgIpc) is 2.35. The van der Waals surface area contributed by atoms with E-state index in [2.05, 4.69) is 23.3 Å². The Kier molecular flexibility index (Phi) is 4.81. The second-order valence-corrected chi connectivity index (χ2v) is 5.29. The van der Waals surface area contributed by atoms with Crippen LogP contribution in [-0.4, -0.2) is 17.6 Å². The third-order valence-corrected chi connectivity index (χ3v) is 4.05. The molecule has 0 amide bonds. The molecule has 1 aliphatic rings. The van der Waals surface area contributed by atoms with Gasteiger partial charge in [0.05, 0.1) is 5.02 Å². The highest BCUT2D eigenvalue weighted by atomic mass is 35.5. The van der Waals surface area contributed by atoms with E-state index < -0.39 is 0 Å². The molecule has 0 bridgehead atoms. The number of hydrogen-bond acceptors (Lipinski definition) is 2. The van der Waals surface area contributed by atoms with Gasteiger partial charge in [-0.2, -0.15) is 0 Å². The van der Waals surface area contributed by atoms with Crippen molar-refractivity contribution in [1.82, 2.24) is 10.3 Å². The lowest BCUT2D eigenvalue weighted by Crippen LogP contribution is -2.39. The van der Waals surface area contributed by atoms with Crippen LogP contribution >= 0.6 is 11.6 Å². The predicted molar refractivity (Wildman–Crippen MR) is 72.4 cm³/mol. The van der Waals surface area contributed by atoms with E-state index in [-0.39, 0.29) is 0 Å². The van der Waals surface area contributed by atoms with Crippen molar-refractivity contribution in [2.45, 2.75) is 45.1 Å². The van der Waals surface area contributed by atoms with Crippen LogP contribution in [0.15, 0.2) is 18.5 Å². The van der Waals surface area contributed by atoms with Crippen molar-refractivity contribution in [3.8, 4) is 0 Å². The molecular weight excluding hydrogens is 232 g/mol. The van der Waals surface area contributed by atoms with E-state index in [9.17, 15) is 0 Å². The Morgan fingerprint density at radius 2 is 2.24 bits per heavy atom. The Morgan fingerprint density at radius 1 is 1.41 bits per heavy atom. The topological polar surface area (TPSA) is 24.9 Å². The van der Waals surface area contributed by atoms with Crippen LogP contribution in [0.2, 0.25) is 5.02 Å². The van der Waals surface area contributed by atoms with Crippen LogP contribution in [0.3, 0.4) is 0 Å². The maximum atomic E-state index is 6.19. The number of hydrogen-bond donors (Lipinski definition) is 1. The standard InChI is InChI=1S/C14H21ClN2/c1-2-17-14-6-4-3-5-12(14)9-11-7-8-16-10-13(11)15/h7-8,10,12,14,17H,2-6,9H2,1H3. The number of rotatable bonds is 4. The first-order valence-electron chi connectivity index (χ1n) is 6.63. The van der Waals surface area contributed by atoms with Gasteiger partial charge in [0.25, 0.3) is 0 Å². The Balaban J connectivity index is 2.03. The highest BCUT2D eigenvalue weighted by Gasteiger charge is 2.24. The zero-order chi connectivity index (χ0) is 12.1. The summed E-state index contributed by atoms with van der Waals surface area (Å²) in [5.74, 6) is 0.726. The van der Waals surface area contributed by atoms with Crippen LogP contribution in [-0.2, 0) is 6.42 Å². The molecule has 94 valence electrons. The summed E-state index contributed by atoms with van der Waals surface area (Å²) in [5.41, 5.74) is 1.25. The Bertz CT molecular complexity index is 352. The van der Waals surface area contributed by atoms with Crippen molar-refractivity contribution in [1.29, 1.82) is 0 Å². The molecular formula is C14H21ClN2. The van der Waals surface area contributed by atoms with Gasteiger partial charge in [0.15, 0.2) is 0 Å². The van der Waals surface area contributed by atoms with Crippen molar-refractivity contribution in [2.75, 3.05) is 6.54 Å². The quantitative estimate of drug-likeness (QED) is 0.888. The van der Waals surface area contributed by atoms with Crippen LogP contribution in [0, 0.1) is 5.92 Å². The third-order valence-electron chi connectivity index (χ3n) is 3.71. The molecule has 3 heteroatoms. The minimum atomic E-state index is 0.665. The zero-order valence-electron chi connectivity index (χ0n) is 10.5. The molecule has 2 unspecified atom stereocenters. The van der Waals surface area contributed by atoms with Gasteiger partial charge in [-0.05, 0) is 43.4 Å². The van der Waals surface area contributed by atoms with Gasteiger partial charge in [0.1, 0.15) is 0 Å². The summed E-state index contributed by atoms with van der Waals surface area (Å²) < 4.78 is 0. The second-order valence-electron chi connectivity index (χ2n) is 4.88. The van der Waals surface area contributed by atoms with Crippen molar-refractivity contribution >= 4 is 11.6 Å². The fourth-order valence-corrected chi connectivity index (χ4v) is 3.03. The largest absolute Gasteiger partial charge is 0.314 e. The number of nitrogens with zero attached hydrogens (tertiary/aromatic N) is 1. The normalized spacial score (nSPS) is 24.8. The molecule has 1 aromatic heterocycles. The summed E-state index contributed by atoms with van der Waals surface area (Å²) in [6, 6.07) is 2.72. The maximum absolute atomic E-state index is 6.19. The average molecular weight is 253 g/mol. The fraction of sp³-hybridized carbons (Fsp3) is 0.643. The van der Waals surface area contributed by atoms with E-state index in [1.54, 1.807) is 6.20 Å². The lowest BCUT2D eigenvalue weighted by Gasteiger charge is -2.32. The first-order valence-corrected chi connectivity index (χ1v) is 7.00. The minimum absolute atomic E-state index is 0.665. The predicted octanol–water partition coefficient (Wildman–Crippen LogP) is 3.45. The van der Waals surface area contributed by atoms with Crippen LogP contribution in [0.25, 0.3) is 0 Å². The van der Waals surface area contributed by atoms with Crippen LogP contribution in [0.4, 0.5) is 0 Å². The zero-order valence-corrected chi connectivity index (χ0v) is 11.2. The van der Waals surface area contributed by atoms with Crippen molar-refractivity contribution < 1.29 is 0 Å². The monoisotopic (exact) mass is 252 g/mol. The summed E-state index contributed by atoms with van der Waals surface area (Å²) in [5, 5.41) is 4.43. The number of nitrogens with one attached hydrogen (secondary N) is 1. The molecule has 0 aliphatic heterocycles. The van der Waals surface area contributed by atoms with Crippen molar-refractivity contribution in [2.24, 2.45) is 5.92 Å². The molecule has 1 fully saturated rings. The number of halogens is 1. The summed E-state index contributed by atoms with van der Waals surface area (Å²) in [4.78, 5) is 4.05. The van der Waals surface area contributed by atoms with Gasteiger partial charge in [0, 0.05) is 18.4 Å². The van der Waals surface area contributed by atoms with E-state index in [1.165, 1.54) is 31.2 Å². The van der Waals surface area contributed by atoms with Gasteiger partial charge < -0.3 is 5.32 Å². The summed E-state index contributed by atoms with van der Waals surface area (Å²) >= 11 is 6.19. The van der Waals surface area contributed by atoms with Gasteiger partial charge in [-0.25, -0.2) is 0 Å². The molecule has 1 N–H and O–H groups in total. The molecule has 2 atom stereocenters. The highest BCUT2D eigenvalue weighted by molar-refractivity contribution is 6.31. The first-order chi connectivity index (χ1) is 8.31. The molecule has 1 heterocycles. The molecule has 2 nitrogen and oxygen atoms in total. The molecule has 17 heavy (non-hydrogen) atoms. The Hall–Kier alpha value is -0.600. The summed E-state index contributed by atoms with van der Waals surface area (Å²) in [6.07, 6.45) is 10.0. The minimum Gasteiger partial charge on any atom is -0.314 e. The van der Waals surface area contributed by atoms with Crippen molar-refractivity contribution in [3.63, 3.8) is 0 Å². The lowest BCUT2D eigenvalue weighted by molar-refractivity contribution is 0.264. The van der Waals surface area contributed by atoms with Gasteiger partial charge in [-0.3, -0.25) is 4.98 Å². The smallest absolute Gasteiger partial charge is 0.0621 e. The number of aromatic nitrogens is 1. The molecule has 1 aliphatic carbocycles. The highest BCUT2D eigenvalue weighted by Crippen LogP contribution is 2.29. The Labute approximate surface area is 109 Å². The van der Waals surface area contributed by atoms with E-state index >= 15 is 0 Å². The van der Waals surface area contributed by atoms with Gasteiger partial charge in [-0.15, -0.1) is 0 Å². The van der Waals surface area contributed by atoms with Gasteiger partial charge in [0.2, 0.25) is 0 Å². The van der Waals surface area contributed by atoms with E-state index in [0.717, 1.165) is 23.9 Å². The van der Waals surface area contributed by atoms with Crippen molar-refractivity contribution in [3.05, 3.63) is 29.0 Å². The third kappa shape index (κ3) is 3.43. The molecule has 1 saturated carbocycles. The van der Waals surface area contributed by atoms with Crippen LogP contribution in [0.1, 0.15) is 38.2 Å². The number of pyridine rings is 1. The molecule has 2 rings (SSSR count). The van der Waals surface area contributed by atoms with E-state index in [4.69, 9.17) is 11.6 Å². The summed E-state index contributed by atoms with van der Waals surface area (Å²) in [6.45, 7) is 3.25. The van der Waals surface area contributed by atoms with E-state index in [0.29, 0.717) is 6.04 Å². The molecule has 0 aromatic carbocycles. The molecule has 0 saturated heterocycles. The van der Waals surface area contributed by atoms with Crippen LogP contribution < -0.4 is 5.32 Å². The molecule has 0 spiro atoms. The SMILES string of the molecule is CCNC1CCCCC1Cc1ccncc1Cl. The lowest BCUT2D eigenvalue weighted by atomic mass is 9.81. The second kappa shape index (κ2) is 6.36. The maximum Gasteiger partial charge on any atom is 0.0621 e.